The van der Waals surface area contributed by atoms with Crippen molar-refractivity contribution in [3.8, 4) is 0 Å². The van der Waals surface area contributed by atoms with Gasteiger partial charge in [0.05, 0.1) is 24.6 Å². The van der Waals surface area contributed by atoms with Gasteiger partial charge in [-0.3, -0.25) is 4.79 Å². The summed E-state index contributed by atoms with van der Waals surface area (Å²) in [6.45, 7) is 4.87. The number of halogens is 1. The first-order chi connectivity index (χ1) is 7.59. The maximum Gasteiger partial charge on any atom is 0.269 e. The number of anilines is 1. The fourth-order valence-corrected chi connectivity index (χ4v) is 1.09. The van der Waals surface area contributed by atoms with E-state index in [1.54, 1.807) is 12.1 Å². The van der Waals surface area contributed by atoms with Crippen LogP contribution in [0.15, 0.2) is 18.3 Å². The molecule has 0 bridgehead atoms. The summed E-state index contributed by atoms with van der Waals surface area (Å²) in [6.07, 6.45) is 1.63. The molecule has 0 fully saturated rings. The topological polar surface area (TPSA) is 77.2 Å². The van der Waals surface area contributed by atoms with Crippen LogP contribution in [0.5, 0.6) is 0 Å². The van der Waals surface area contributed by atoms with E-state index in [1.807, 2.05) is 13.8 Å². The first-order valence-corrected chi connectivity index (χ1v) is 5.21. The van der Waals surface area contributed by atoms with Crippen LogP contribution in [0.2, 0.25) is 0 Å². The third-order valence-electron chi connectivity index (χ3n) is 1.86. The van der Waals surface area contributed by atoms with Crippen LogP contribution in [0, 0.1) is 0 Å². The van der Waals surface area contributed by atoms with Crippen LogP contribution in [0.4, 0.5) is 5.69 Å². The maximum absolute atomic E-state index is 11.5. The summed E-state index contributed by atoms with van der Waals surface area (Å²) in [5.74, 6) is -0.215. The Hall–Kier alpha value is -1.33. The Morgan fingerprint density at radius 1 is 1.53 bits per heavy atom. The second-order valence-corrected chi connectivity index (χ2v) is 3.65. The second kappa shape index (κ2) is 7.86. The number of nitrogens with one attached hydrogen (secondary N) is 1. The number of carbonyl (C=O) groups is 1. The predicted molar refractivity (Wildman–Crippen MR) is 69.3 cm³/mol. The Bertz CT molecular complexity index is 341. The lowest BCUT2D eigenvalue weighted by atomic mass is 10.3. The summed E-state index contributed by atoms with van der Waals surface area (Å²) in [4.78, 5) is 15.4. The normalized spacial score (nSPS) is 9.82. The number of amides is 1. The molecule has 0 aliphatic rings. The van der Waals surface area contributed by atoms with Gasteiger partial charge >= 0.3 is 0 Å². The molecule has 6 heteroatoms. The highest BCUT2D eigenvalue weighted by atomic mass is 35.5. The Labute approximate surface area is 107 Å². The number of nitrogens with zero attached hydrogens (tertiary/aromatic N) is 1. The summed E-state index contributed by atoms with van der Waals surface area (Å²) < 4.78 is 5.29. The fraction of sp³-hybridized carbons (Fsp3) is 0.455. The summed E-state index contributed by atoms with van der Waals surface area (Å²) in [7, 11) is 0. The molecule has 1 rings (SSSR count). The van der Waals surface area contributed by atoms with Gasteiger partial charge in [0.25, 0.3) is 5.91 Å². The zero-order valence-electron chi connectivity index (χ0n) is 9.97. The Balaban J connectivity index is 0.00000256. The predicted octanol–water partition coefficient (Wildman–Crippen LogP) is 1.24. The first-order valence-electron chi connectivity index (χ1n) is 5.21. The molecule has 0 aliphatic heterocycles. The number of rotatable bonds is 5. The number of pyridine rings is 1. The minimum atomic E-state index is -0.215. The molecule has 1 aromatic rings. The largest absolute Gasteiger partial charge is 0.397 e. The van der Waals surface area contributed by atoms with Crippen LogP contribution in [0.25, 0.3) is 0 Å². The molecule has 0 radical (unpaired) electrons. The minimum Gasteiger partial charge on any atom is -0.397 e. The molecule has 0 aliphatic carbocycles. The molecule has 0 saturated carbocycles. The molecule has 5 nitrogen and oxygen atoms in total. The van der Waals surface area contributed by atoms with Gasteiger partial charge in [-0.2, -0.15) is 0 Å². The van der Waals surface area contributed by atoms with Gasteiger partial charge in [-0.1, -0.05) is 0 Å². The first kappa shape index (κ1) is 15.7. The lowest BCUT2D eigenvalue weighted by molar-refractivity contribution is 0.0745. The van der Waals surface area contributed by atoms with Crippen molar-refractivity contribution in [2.45, 2.75) is 20.0 Å². The summed E-state index contributed by atoms with van der Waals surface area (Å²) in [5, 5.41) is 2.71. The third-order valence-corrected chi connectivity index (χ3v) is 1.86. The van der Waals surface area contributed by atoms with Crippen LogP contribution < -0.4 is 11.1 Å². The van der Waals surface area contributed by atoms with Gasteiger partial charge < -0.3 is 15.8 Å². The molecule has 0 spiro atoms. The molecule has 1 aromatic heterocycles. The Morgan fingerprint density at radius 2 is 2.24 bits per heavy atom. The van der Waals surface area contributed by atoms with Gasteiger partial charge in [0.2, 0.25) is 0 Å². The summed E-state index contributed by atoms with van der Waals surface area (Å²) >= 11 is 0. The van der Waals surface area contributed by atoms with Gasteiger partial charge in [-0.15, -0.1) is 12.4 Å². The van der Waals surface area contributed by atoms with Crippen molar-refractivity contribution in [2.24, 2.45) is 0 Å². The minimum absolute atomic E-state index is 0. The molecule has 0 aromatic carbocycles. The third kappa shape index (κ3) is 6.09. The van der Waals surface area contributed by atoms with Crippen molar-refractivity contribution in [1.29, 1.82) is 0 Å². The molecular weight excluding hydrogens is 242 g/mol. The van der Waals surface area contributed by atoms with Crippen LogP contribution in [0.3, 0.4) is 0 Å². The lowest BCUT2D eigenvalue weighted by Gasteiger charge is -2.08. The average molecular weight is 260 g/mol. The van der Waals surface area contributed by atoms with Crippen LogP contribution in [0.1, 0.15) is 24.3 Å². The lowest BCUT2D eigenvalue weighted by Crippen LogP contribution is -2.28. The number of ether oxygens (including phenoxy) is 1. The molecule has 17 heavy (non-hydrogen) atoms. The molecule has 3 N–H and O–H groups in total. The van der Waals surface area contributed by atoms with Crippen molar-refractivity contribution in [1.82, 2.24) is 10.3 Å². The van der Waals surface area contributed by atoms with E-state index in [0.29, 0.717) is 24.5 Å². The molecule has 0 saturated heterocycles. The highest BCUT2D eigenvalue weighted by Gasteiger charge is 2.05. The molecule has 0 atom stereocenters. The van der Waals surface area contributed by atoms with Gasteiger partial charge in [0.15, 0.2) is 0 Å². The number of hydrogen-bond acceptors (Lipinski definition) is 4. The molecule has 1 heterocycles. The highest BCUT2D eigenvalue weighted by Crippen LogP contribution is 2.00. The average Bonchev–Trinajstić information content (AvgIpc) is 2.25. The van der Waals surface area contributed by atoms with Gasteiger partial charge in [-0.25, -0.2) is 4.98 Å². The maximum atomic E-state index is 11.5. The number of nitrogens with two attached hydrogens (primary N) is 1. The van der Waals surface area contributed by atoms with Gasteiger partial charge in [0, 0.05) is 6.54 Å². The van der Waals surface area contributed by atoms with Crippen LogP contribution >= 0.6 is 12.4 Å². The number of carbonyl (C=O) groups excluding carboxylic acids is 1. The van der Waals surface area contributed by atoms with E-state index in [1.165, 1.54) is 6.20 Å². The van der Waals surface area contributed by atoms with Crippen LogP contribution in [-0.4, -0.2) is 30.1 Å². The van der Waals surface area contributed by atoms with E-state index < -0.39 is 0 Å². The van der Waals surface area contributed by atoms with Crippen LogP contribution in [-0.2, 0) is 4.74 Å². The molecular formula is C11H18ClN3O2. The smallest absolute Gasteiger partial charge is 0.269 e. The second-order valence-electron chi connectivity index (χ2n) is 3.65. The van der Waals surface area contributed by atoms with E-state index in [4.69, 9.17) is 10.5 Å². The molecule has 0 unspecified atom stereocenters. The van der Waals surface area contributed by atoms with Gasteiger partial charge in [-0.05, 0) is 26.0 Å². The number of aromatic nitrogens is 1. The SMILES string of the molecule is CC(C)OCCNC(=O)c1ccc(N)cn1.Cl. The Kier molecular flexibility index (Phi) is 7.25. The quantitative estimate of drug-likeness (QED) is 0.780. The summed E-state index contributed by atoms with van der Waals surface area (Å²) in [5.41, 5.74) is 6.37. The van der Waals surface area contributed by atoms with Crippen molar-refractivity contribution >= 4 is 24.0 Å². The number of hydrogen-bond donors (Lipinski definition) is 2. The fourth-order valence-electron chi connectivity index (χ4n) is 1.09. The van der Waals surface area contributed by atoms with Crippen molar-refractivity contribution in [3.63, 3.8) is 0 Å². The van der Waals surface area contributed by atoms with E-state index in [0.717, 1.165) is 0 Å². The zero-order chi connectivity index (χ0) is 12.0. The van der Waals surface area contributed by atoms with Crippen molar-refractivity contribution in [2.75, 3.05) is 18.9 Å². The monoisotopic (exact) mass is 259 g/mol. The molecule has 96 valence electrons. The zero-order valence-corrected chi connectivity index (χ0v) is 10.8. The van der Waals surface area contributed by atoms with E-state index in [2.05, 4.69) is 10.3 Å². The molecule has 1 amide bonds. The standard InChI is InChI=1S/C11H17N3O2.ClH/c1-8(2)16-6-5-13-11(15)10-4-3-9(12)7-14-10;/h3-4,7-8H,5-6,12H2,1-2H3,(H,13,15);1H. The van der Waals surface area contributed by atoms with Crippen molar-refractivity contribution < 1.29 is 9.53 Å². The summed E-state index contributed by atoms with van der Waals surface area (Å²) in [6, 6.07) is 3.24. The van der Waals surface area contributed by atoms with Crippen molar-refractivity contribution in [3.05, 3.63) is 24.0 Å². The highest BCUT2D eigenvalue weighted by molar-refractivity contribution is 5.92. The van der Waals surface area contributed by atoms with E-state index in [-0.39, 0.29) is 24.4 Å². The van der Waals surface area contributed by atoms with Gasteiger partial charge in [0.1, 0.15) is 5.69 Å². The van der Waals surface area contributed by atoms with E-state index >= 15 is 0 Å². The number of nitrogen functional groups attached to an aromatic ring is 1. The van der Waals surface area contributed by atoms with E-state index in [9.17, 15) is 4.79 Å². The Morgan fingerprint density at radius 3 is 2.76 bits per heavy atom.